The molecular formula is C58H72Br2N6O10. The summed E-state index contributed by atoms with van der Waals surface area (Å²) in [7, 11) is 0. The first-order valence-electron chi connectivity index (χ1n) is 25.4. The molecule has 0 bridgehead atoms. The van der Waals surface area contributed by atoms with E-state index in [0.717, 1.165) is 22.3 Å². The molecule has 408 valence electrons. The van der Waals surface area contributed by atoms with E-state index in [1.807, 2.05) is 48.5 Å². The van der Waals surface area contributed by atoms with Crippen molar-refractivity contribution in [3.8, 4) is 33.8 Å². The molecule has 16 nitrogen and oxygen atoms in total. The Hall–Kier alpha value is -6.66. The number of rotatable bonds is 20. The normalized spacial score (nSPS) is 11.4. The van der Waals surface area contributed by atoms with Gasteiger partial charge in [0.05, 0.1) is 26.3 Å². The molecule has 0 saturated heterocycles. The molecule has 6 aromatic rings. The maximum atomic E-state index is 12.9. The van der Waals surface area contributed by atoms with Crippen LogP contribution < -0.4 is 20.1 Å². The fourth-order valence-corrected chi connectivity index (χ4v) is 8.65. The van der Waals surface area contributed by atoms with Gasteiger partial charge in [0, 0.05) is 24.2 Å². The Balaban J connectivity index is 0.000000281. The molecule has 2 N–H and O–H groups in total. The lowest BCUT2D eigenvalue weighted by Crippen LogP contribution is -2.34. The van der Waals surface area contributed by atoms with Gasteiger partial charge in [0.25, 0.3) is 0 Å². The van der Waals surface area contributed by atoms with Crippen molar-refractivity contribution in [3.63, 3.8) is 0 Å². The Morgan fingerprint density at radius 3 is 1.37 bits per heavy atom. The van der Waals surface area contributed by atoms with Gasteiger partial charge in [-0.2, -0.15) is 10.2 Å². The van der Waals surface area contributed by atoms with Crippen LogP contribution in [0, 0.1) is 0 Å². The average Bonchev–Trinajstić information content (AvgIpc) is 3.87. The smallest absolute Gasteiger partial charge is 0.407 e. The minimum Gasteiger partial charge on any atom is -0.489 e. The third-order valence-corrected chi connectivity index (χ3v) is 12.5. The monoisotopic (exact) mass is 1170 g/mol. The molecule has 2 amide bonds. The summed E-state index contributed by atoms with van der Waals surface area (Å²) in [6.45, 7) is 25.4. The Morgan fingerprint density at radius 1 is 0.553 bits per heavy atom. The highest BCUT2D eigenvalue weighted by Gasteiger charge is 2.27. The maximum absolute atomic E-state index is 12.9. The van der Waals surface area contributed by atoms with Crippen molar-refractivity contribution in [2.75, 3.05) is 26.3 Å². The van der Waals surface area contributed by atoms with E-state index in [2.05, 4.69) is 129 Å². The van der Waals surface area contributed by atoms with Crippen LogP contribution in [0.2, 0.25) is 0 Å². The van der Waals surface area contributed by atoms with Crippen molar-refractivity contribution in [1.82, 2.24) is 30.2 Å². The molecule has 0 spiro atoms. The van der Waals surface area contributed by atoms with Crippen LogP contribution in [-0.4, -0.2) is 81.2 Å². The molecule has 0 unspecified atom stereocenters. The van der Waals surface area contributed by atoms with Crippen LogP contribution in [0.3, 0.4) is 0 Å². The van der Waals surface area contributed by atoms with Gasteiger partial charge in [0.2, 0.25) is 0 Å². The van der Waals surface area contributed by atoms with Gasteiger partial charge in [0.1, 0.15) is 45.1 Å². The molecule has 0 aliphatic rings. The van der Waals surface area contributed by atoms with E-state index < -0.39 is 35.3 Å². The number of amides is 2. The van der Waals surface area contributed by atoms with Crippen molar-refractivity contribution in [3.05, 3.63) is 140 Å². The van der Waals surface area contributed by atoms with Crippen LogP contribution >= 0.6 is 31.9 Å². The predicted molar refractivity (Wildman–Crippen MR) is 301 cm³/mol. The molecule has 0 aliphatic carbocycles. The number of benzene rings is 4. The zero-order valence-electron chi connectivity index (χ0n) is 45.7. The molecule has 0 aliphatic heterocycles. The Kier molecular flexibility index (Phi) is 22.1. The molecule has 6 rings (SSSR count). The van der Waals surface area contributed by atoms with Gasteiger partial charge in [-0.3, -0.25) is 9.36 Å². The molecule has 4 aromatic carbocycles. The van der Waals surface area contributed by atoms with Crippen molar-refractivity contribution < 1.29 is 47.6 Å². The van der Waals surface area contributed by atoms with Gasteiger partial charge < -0.3 is 39.1 Å². The van der Waals surface area contributed by atoms with Crippen LogP contribution in [-0.2, 0) is 45.3 Å². The van der Waals surface area contributed by atoms with Gasteiger partial charge in [-0.15, -0.1) is 0 Å². The average molecular weight is 1170 g/mol. The van der Waals surface area contributed by atoms with Crippen molar-refractivity contribution >= 4 is 56.0 Å². The largest absolute Gasteiger partial charge is 0.489 e. The van der Waals surface area contributed by atoms with E-state index in [4.69, 9.17) is 28.4 Å². The van der Waals surface area contributed by atoms with Crippen LogP contribution in [0.15, 0.2) is 106 Å². The minimum atomic E-state index is -0.601. The molecular weight excluding hydrogens is 1100 g/mol. The summed E-state index contributed by atoms with van der Waals surface area (Å²) in [5.74, 6) is 1.38. The summed E-state index contributed by atoms with van der Waals surface area (Å²) in [6, 6.07) is 31.8. The molecule has 76 heavy (non-hydrogen) atoms. The highest BCUT2D eigenvalue weighted by molar-refractivity contribution is 9.10. The summed E-state index contributed by atoms with van der Waals surface area (Å²) in [4.78, 5) is 49.6. The van der Waals surface area contributed by atoms with E-state index in [1.54, 1.807) is 60.1 Å². The second-order valence-electron chi connectivity index (χ2n) is 20.2. The number of alkyl carbamates (subject to hydrolysis) is 2. The number of carbonyl (C=O) groups excluding carboxylic acids is 4. The van der Waals surface area contributed by atoms with Gasteiger partial charge in [-0.1, -0.05) is 100 Å². The Morgan fingerprint density at radius 2 is 0.961 bits per heavy atom. The summed E-state index contributed by atoms with van der Waals surface area (Å²) >= 11 is 7.08. The summed E-state index contributed by atoms with van der Waals surface area (Å²) in [5, 5.41) is 14.4. The molecule has 18 heteroatoms. The molecule has 0 saturated carbocycles. The van der Waals surface area contributed by atoms with Gasteiger partial charge in [-0.05, 0) is 157 Å². The minimum absolute atomic E-state index is 0.190. The molecule has 2 aromatic heterocycles. The number of nitrogens with one attached hydrogen (secondary N) is 2. The number of halogens is 2. The number of esters is 2. The van der Waals surface area contributed by atoms with Crippen molar-refractivity contribution in [2.24, 2.45) is 0 Å². The number of aromatic nitrogens is 4. The first-order chi connectivity index (χ1) is 36.0. The standard InChI is InChI=1S/2C29H36BrN3O5/c1-7-36-27(34)25-24(26(30)32-33(25)17-16-31-28(35)38-29(4,5)6)22-12-14-23(15-13-22)37-18-20-8-10-21(11-9-20)19(2)3;1-7-36-27(34)25-24(26(30)33(32-25)17-16-31-28(35)38-29(4,5)6)22-12-14-23(15-13-22)37-18-20-8-10-21(11-9-20)19(2)3/h2*8-15,19H,7,16-18H2,1-6H3,(H,31,35). The van der Waals surface area contributed by atoms with Crippen LogP contribution in [0.1, 0.15) is 138 Å². The number of nitrogens with zero attached hydrogens (tertiary/aromatic N) is 4. The highest BCUT2D eigenvalue weighted by Crippen LogP contribution is 2.35. The third-order valence-electron chi connectivity index (χ3n) is 11.1. The topological polar surface area (TPSA) is 183 Å². The van der Waals surface area contributed by atoms with Gasteiger partial charge in [-0.25, -0.2) is 19.2 Å². The summed E-state index contributed by atoms with van der Waals surface area (Å²) < 4.78 is 37.3. The second kappa shape index (κ2) is 27.9. The predicted octanol–water partition coefficient (Wildman–Crippen LogP) is 13.4. The first-order valence-corrected chi connectivity index (χ1v) is 27.0. The fourth-order valence-electron chi connectivity index (χ4n) is 7.37. The zero-order chi connectivity index (χ0) is 55.7. The number of hydrogen-bond acceptors (Lipinski definition) is 12. The number of hydrogen-bond donors (Lipinski definition) is 2. The van der Waals surface area contributed by atoms with Crippen molar-refractivity contribution in [1.29, 1.82) is 0 Å². The van der Waals surface area contributed by atoms with Crippen LogP contribution in [0.5, 0.6) is 11.5 Å². The molecule has 0 fully saturated rings. The number of carbonyl (C=O) groups is 4. The summed E-state index contributed by atoms with van der Waals surface area (Å²) in [6.07, 6.45) is -1.05. The van der Waals surface area contributed by atoms with E-state index in [-0.39, 0.29) is 38.5 Å². The third kappa shape index (κ3) is 18.3. The van der Waals surface area contributed by atoms with E-state index in [9.17, 15) is 19.2 Å². The van der Waals surface area contributed by atoms with Crippen LogP contribution in [0.4, 0.5) is 9.59 Å². The number of ether oxygens (including phenoxy) is 6. The molecule has 0 atom stereocenters. The maximum Gasteiger partial charge on any atom is 0.407 e. The Labute approximate surface area is 463 Å². The lowest BCUT2D eigenvalue weighted by Gasteiger charge is -2.19. The lowest BCUT2D eigenvalue weighted by atomic mass is 10.0. The van der Waals surface area contributed by atoms with E-state index >= 15 is 0 Å². The first kappa shape index (κ1) is 60.2. The SMILES string of the molecule is CCOC(=O)c1c(-c2ccc(OCc3ccc(C(C)C)cc3)cc2)c(Br)nn1CCNC(=O)OC(C)(C)C.CCOC(=O)c1nn(CCNC(=O)OC(C)(C)C)c(Br)c1-c1ccc(OCc2ccc(C(C)C)cc2)cc1. The zero-order valence-corrected chi connectivity index (χ0v) is 48.8. The quantitative estimate of drug-likeness (QED) is 0.0546. The van der Waals surface area contributed by atoms with Crippen LogP contribution in [0.25, 0.3) is 22.3 Å². The lowest BCUT2D eigenvalue weighted by molar-refractivity contribution is 0.0503. The summed E-state index contributed by atoms with van der Waals surface area (Å²) in [5.41, 5.74) is 6.83. The molecule has 0 radical (unpaired) electrons. The van der Waals surface area contributed by atoms with E-state index in [0.29, 0.717) is 69.1 Å². The van der Waals surface area contributed by atoms with E-state index in [1.165, 1.54) is 15.8 Å². The Bertz CT molecular complexity index is 2750. The van der Waals surface area contributed by atoms with Gasteiger partial charge in [0.15, 0.2) is 11.4 Å². The molecule has 2 heterocycles. The van der Waals surface area contributed by atoms with Gasteiger partial charge >= 0.3 is 24.1 Å². The van der Waals surface area contributed by atoms with Crippen molar-refractivity contribution in [2.45, 2.75) is 132 Å². The fraction of sp³-hybridized carbons (Fsp3) is 0.414. The second-order valence-corrected chi connectivity index (χ2v) is 21.7. The highest BCUT2D eigenvalue weighted by atomic mass is 79.9.